The molecular weight excluding hydrogens is 434 g/mol. The smallest absolute Gasteiger partial charge is 0.407 e. The van der Waals surface area contributed by atoms with E-state index in [1.165, 1.54) is 0 Å². The molecule has 5 N–H and O–H groups in total. The standard InChI is InChI=1S/C26H43N3O5/c1-16(2)12-21(29-26(33)34-15-19-10-8-7-9-11-19)23(30)14-20(18(5)6)25(32)28-22(24(27)31)13-17(3)4/h7-11,16-18,20-23,30H,12-15H2,1-6H3,(H2,27,31)(H,28,32)(H,29,33)/t20-,21-,22-,23-/m0/s1. The van der Waals surface area contributed by atoms with Gasteiger partial charge >= 0.3 is 6.09 Å². The Hall–Kier alpha value is -2.61. The first kappa shape index (κ1) is 29.4. The van der Waals surface area contributed by atoms with E-state index in [9.17, 15) is 19.5 Å². The van der Waals surface area contributed by atoms with Gasteiger partial charge < -0.3 is 26.2 Å². The van der Waals surface area contributed by atoms with Gasteiger partial charge in [0.15, 0.2) is 0 Å². The van der Waals surface area contributed by atoms with E-state index in [1.54, 1.807) is 0 Å². The zero-order chi connectivity index (χ0) is 25.8. The topological polar surface area (TPSA) is 131 Å². The highest BCUT2D eigenvalue weighted by Gasteiger charge is 2.32. The fourth-order valence-electron chi connectivity index (χ4n) is 3.84. The van der Waals surface area contributed by atoms with Crippen LogP contribution in [-0.2, 0) is 20.9 Å². The number of primary amides is 1. The zero-order valence-corrected chi connectivity index (χ0v) is 21.4. The Bertz CT molecular complexity index is 767. The van der Waals surface area contributed by atoms with E-state index in [0.29, 0.717) is 12.8 Å². The first-order valence-corrected chi connectivity index (χ1v) is 12.2. The summed E-state index contributed by atoms with van der Waals surface area (Å²) in [4.78, 5) is 37.2. The van der Waals surface area contributed by atoms with Crippen molar-refractivity contribution in [2.45, 2.75) is 85.6 Å². The Morgan fingerprint density at radius 1 is 0.912 bits per heavy atom. The lowest BCUT2D eigenvalue weighted by molar-refractivity contribution is -0.132. The molecule has 3 amide bonds. The Kier molecular flexibility index (Phi) is 12.6. The second-order valence-electron chi connectivity index (χ2n) is 10.2. The maximum Gasteiger partial charge on any atom is 0.407 e. The monoisotopic (exact) mass is 477 g/mol. The molecule has 0 aromatic heterocycles. The summed E-state index contributed by atoms with van der Waals surface area (Å²) in [7, 11) is 0. The van der Waals surface area contributed by atoms with Crippen LogP contribution in [0.3, 0.4) is 0 Å². The third kappa shape index (κ3) is 11.0. The lowest BCUT2D eigenvalue weighted by Gasteiger charge is -2.30. The minimum Gasteiger partial charge on any atom is -0.445 e. The van der Waals surface area contributed by atoms with E-state index < -0.39 is 36.1 Å². The van der Waals surface area contributed by atoms with Crippen molar-refractivity contribution in [1.29, 1.82) is 0 Å². The number of nitrogens with one attached hydrogen (secondary N) is 2. The molecule has 0 aliphatic heterocycles. The molecule has 4 atom stereocenters. The molecule has 1 aromatic carbocycles. The van der Waals surface area contributed by atoms with Gasteiger partial charge in [-0.25, -0.2) is 4.79 Å². The Morgan fingerprint density at radius 2 is 1.50 bits per heavy atom. The number of carbonyl (C=O) groups is 3. The predicted octanol–water partition coefficient (Wildman–Crippen LogP) is 3.37. The van der Waals surface area contributed by atoms with Crippen LogP contribution in [0.5, 0.6) is 0 Å². The summed E-state index contributed by atoms with van der Waals surface area (Å²) in [5.41, 5.74) is 6.34. The minimum absolute atomic E-state index is 0.0908. The maximum atomic E-state index is 13.0. The van der Waals surface area contributed by atoms with E-state index >= 15 is 0 Å². The number of hydrogen-bond acceptors (Lipinski definition) is 5. The molecule has 0 bridgehead atoms. The van der Waals surface area contributed by atoms with Gasteiger partial charge in [0.1, 0.15) is 12.6 Å². The molecule has 0 aliphatic rings. The molecule has 0 heterocycles. The number of ether oxygens (including phenoxy) is 1. The first-order valence-electron chi connectivity index (χ1n) is 12.2. The van der Waals surface area contributed by atoms with Gasteiger partial charge in [-0.2, -0.15) is 0 Å². The number of carbonyl (C=O) groups excluding carboxylic acids is 3. The fourth-order valence-corrected chi connectivity index (χ4v) is 3.84. The molecule has 34 heavy (non-hydrogen) atoms. The number of nitrogens with two attached hydrogens (primary N) is 1. The largest absolute Gasteiger partial charge is 0.445 e. The highest BCUT2D eigenvalue weighted by atomic mass is 16.5. The van der Waals surface area contributed by atoms with Gasteiger partial charge in [0.05, 0.1) is 12.1 Å². The fraction of sp³-hybridized carbons (Fsp3) is 0.654. The van der Waals surface area contributed by atoms with Crippen LogP contribution < -0.4 is 16.4 Å². The van der Waals surface area contributed by atoms with Gasteiger partial charge in [-0.15, -0.1) is 0 Å². The van der Waals surface area contributed by atoms with Crippen LogP contribution in [0.25, 0.3) is 0 Å². The molecule has 0 fully saturated rings. The summed E-state index contributed by atoms with van der Waals surface area (Å²) in [5.74, 6) is -1.17. The second-order valence-corrected chi connectivity index (χ2v) is 10.2. The number of rotatable bonds is 14. The van der Waals surface area contributed by atoms with E-state index in [-0.39, 0.29) is 36.7 Å². The van der Waals surface area contributed by atoms with E-state index in [4.69, 9.17) is 10.5 Å². The SMILES string of the molecule is CC(C)C[C@H](NC(=O)[C@@H](C[C@H](O)[C@H](CC(C)C)NC(=O)OCc1ccccc1)C(C)C)C(N)=O. The molecule has 8 heteroatoms. The van der Waals surface area contributed by atoms with Crippen molar-refractivity contribution in [1.82, 2.24) is 10.6 Å². The van der Waals surface area contributed by atoms with Crippen LogP contribution in [-0.4, -0.2) is 41.2 Å². The van der Waals surface area contributed by atoms with Gasteiger partial charge in [0.2, 0.25) is 11.8 Å². The molecule has 0 unspecified atom stereocenters. The summed E-state index contributed by atoms with van der Waals surface area (Å²) < 4.78 is 5.31. The molecule has 1 aromatic rings. The number of hydrogen-bond donors (Lipinski definition) is 4. The molecule has 1 rings (SSSR count). The highest BCUT2D eigenvalue weighted by Crippen LogP contribution is 2.22. The van der Waals surface area contributed by atoms with Crippen LogP contribution in [0, 0.1) is 23.7 Å². The van der Waals surface area contributed by atoms with Crippen LogP contribution >= 0.6 is 0 Å². The quantitative estimate of drug-likeness (QED) is 0.326. The summed E-state index contributed by atoms with van der Waals surface area (Å²) in [6, 6.07) is 7.99. The van der Waals surface area contributed by atoms with Gasteiger partial charge in [0.25, 0.3) is 0 Å². The lowest BCUT2D eigenvalue weighted by Crippen LogP contribution is -2.50. The lowest BCUT2D eigenvalue weighted by atomic mass is 9.85. The van der Waals surface area contributed by atoms with Crippen molar-refractivity contribution in [2.24, 2.45) is 29.4 Å². The van der Waals surface area contributed by atoms with Gasteiger partial charge in [-0.3, -0.25) is 9.59 Å². The molecule has 0 saturated carbocycles. The van der Waals surface area contributed by atoms with Crippen LogP contribution in [0.4, 0.5) is 4.79 Å². The minimum atomic E-state index is -0.970. The van der Waals surface area contributed by atoms with Crippen molar-refractivity contribution in [3.05, 3.63) is 35.9 Å². The Morgan fingerprint density at radius 3 is 2.00 bits per heavy atom. The second kappa shape index (κ2) is 14.6. The van der Waals surface area contributed by atoms with Gasteiger partial charge in [-0.1, -0.05) is 71.9 Å². The van der Waals surface area contributed by atoms with Gasteiger partial charge in [-0.05, 0) is 42.6 Å². The molecular formula is C26H43N3O5. The molecule has 192 valence electrons. The van der Waals surface area contributed by atoms with Crippen LogP contribution in [0.1, 0.15) is 66.4 Å². The molecule has 0 radical (unpaired) electrons. The van der Waals surface area contributed by atoms with Crippen molar-refractivity contribution in [2.75, 3.05) is 0 Å². The van der Waals surface area contributed by atoms with E-state index in [1.807, 2.05) is 71.9 Å². The Balaban J connectivity index is 2.83. The summed E-state index contributed by atoms with van der Waals surface area (Å²) in [6.07, 6.45) is -0.496. The first-order chi connectivity index (χ1) is 15.9. The average Bonchev–Trinajstić information content (AvgIpc) is 2.74. The van der Waals surface area contributed by atoms with Crippen LogP contribution in [0.15, 0.2) is 30.3 Å². The molecule has 0 aliphatic carbocycles. The molecule has 8 nitrogen and oxygen atoms in total. The number of aliphatic hydroxyl groups excluding tert-OH is 1. The predicted molar refractivity (Wildman–Crippen MR) is 133 cm³/mol. The average molecular weight is 478 g/mol. The summed E-state index contributed by atoms with van der Waals surface area (Å²) in [5, 5.41) is 16.5. The number of amides is 3. The number of alkyl carbamates (subject to hydrolysis) is 1. The maximum absolute atomic E-state index is 13.0. The third-order valence-corrected chi connectivity index (χ3v) is 5.71. The zero-order valence-electron chi connectivity index (χ0n) is 21.4. The van der Waals surface area contributed by atoms with Crippen molar-refractivity contribution in [3.8, 4) is 0 Å². The van der Waals surface area contributed by atoms with Crippen molar-refractivity contribution < 1.29 is 24.2 Å². The van der Waals surface area contributed by atoms with Crippen molar-refractivity contribution in [3.63, 3.8) is 0 Å². The third-order valence-electron chi connectivity index (χ3n) is 5.71. The van der Waals surface area contributed by atoms with Gasteiger partial charge in [0, 0.05) is 5.92 Å². The Labute approximate surface area is 204 Å². The number of benzene rings is 1. The number of aliphatic hydroxyl groups is 1. The van der Waals surface area contributed by atoms with Crippen molar-refractivity contribution >= 4 is 17.9 Å². The molecule has 0 spiro atoms. The summed E-state index contributed by atoms with van der Waals surface area (Å²) in [6.45, 7) is 11.8. The van der Waals surface area contributed by atoms with E-state index in [0.717, 1.165) is 5.56 Å². The van der Waals surface area contributed by atoms with Crippen LogP contribution in [0.2, 0.25) is 0 Å². The summed E-state index contributed by atoms with van der Waals surface area (Å²) >= 11 is 0. The van der Waals surface area contributed by atoms with E-state index in [2.05, 4.69) is 10.6 Å². The normalized spacial score (nSPS) is 15.0. The molecule has 0 saturated heterocycles. The highest BCUT2D eigenvalue weighted by molar-refractivity contribution is 5.87.